The van der Waals surface area contributed by atoms with Crippen LogP contribution >= 0.6 is 0 Å². The maximum absolute atomic E-state index is 11.1. The van der Waals surface area contributed by atoms with Crippen LogP contribution in [0.25, 0.3) is 0 Å². The van der Waals surface area contributed by atoms with E-state index in [1.165, 1.54) is 6.42 Å². The zero-order valence-corrected chi connectivity index (χ0v) is 16.3. The molecule has 3 atom stereocenters. The number of hydrogen-bond donors (Lipinski definition) is 1. The molecule has 0 aromatic carbocycles. The number of rotatable bonds is 4. The summed E-state index contributed by atoms with van der Waals surface area (Å²) in [6.07, 6.45) is 2.64. The predicted molar refractivity (Wildman–Crippen MR) is 101 cm³/mol. The summed E-state index contributed by atoms with van der Waals surface area (Å²) in [5, 5.41) is 9.17. The molecular formula is C20H28N4O3. The van der Waals surface area contributed by atoms with E-state index in [4.69, 9.17) is 14.7 Å². The Hall–Kier alpha value is -1.89. The molecule has 7 nitrogen and oxygen atoms in total. The standard InChI is InChI=1S/C20H28N4O3/c1-11-4-5-24(11)19-21-17-15(10-27-20(17,2)3)18(22-19)23-8-12-6-13(9-23)14(12)7-16(25)26/h11-14H,4-10H2,1-3H3,(H,25,26). The van der Waals surface area contributed by atoms with Crippen LogP contribution in [0.5, 0.6) is 0 Å². The van der Waals surface area contributed by atoms with E-state index in [9.17, 15) is 9.90 Å². The Labute approximate surface area is 159 Å². The van der Waals surface area contributed by atoms with Crippen molar-refractivity contribution in [3.8, 4) is 0 Å². The first-order valence-electron chi connectivity index (χ1n) is 10.1. The van der Waals surface area contributed by atoms with Crippen LogP contribution in [0, 0.1) is 17.8 Å². The van der Waals surface area contributed by atoms with Crippen LogP contribution in [0.1, 0.15) is 51.3 Å². The molecule has 1 aliphatic carbocycles. The van der Waals surface area contributed by atoms with Crippen molar-refractivity contribution < 1.29 is 14.6 Å². The molecule has 1 aromatic rings. The molecule has 6 rings (SSSR count). The quantitative estimate of drug-likeness (QED) is 0.869. The van der Waals surface area contributed by atoms with Crippen molar-refractivity contribution in [3.05, 3.63) is 11.3 Å². The molecule has 0 amide bonds. The number of carboxylic acid groups (broad SMARTS) is 1. The van der Waals surface area contributed by atoms with Gasteiger partial charge >= 0.3 is 5.97 Å². The Morgan fingerprint density at radius 2 is 2.04 bits per heavy atom. The highest BCUT2D eigenvalue weighted by atomic mass is 16.5. The van der Waals surface area contributed by atoms with Gasteiger partial charge in [0.2, 0.25) is 5.95 Å². The van der Waals surface area contributed by atoms with E-state index in [2.05, 4.69) is 30.6 Å². The number of carbonyl (C=O) groups is 1. The lowest BCUT2D eigenvalue weighted by Crippen LogP contribution is -2.56. The highest BCUT2D eigenvalue weighted by Crippen LogP contribution is 2.49. The highest BCUT2D eigenvalue weighted by molar-refractivity contribution is 5.67. The van der Waals surface area contributed by atoms with Crippen molar-refractivity contribution in [1.29, 1.82) is 0 Å². The summed E-state index contributed by atoms with van der Waals surface area (Å²) in [5.74, 6) is 2.43. The summed E-state index contributed by atoms with van der Waals surface area (Å²) in [5.41, 5.74) is 1.75. The van der Waals surface area contributed by atoms with Gasteiger partial charge in [-0.2, -0.15) is 4.98 Å². The SMILES string of the molecule is CC1CCN1c1nc(N2CC3CC(C2)C3CC(=O)O)c2c(n1)C(C)(C)OC2. The number of carboxylic acids is 1. The summed E-state index contributed by atoms with van der Waals surface area (Å²) in [6, 6.07) is 0.482. The van der Waals surface area contributed by atoms with Gasteiger partial charge in [0.25, 0.3) is 0 Å². The molecule has 3 unspecified atom stereocenters. The maximum atomic E-state index is 11.1. The minimum atomic E-state index is -0.671. The third-order valence-corrected chi connectivity index (χ3v) is 7.13. The monoisotopic (exact) mass is 372 g/mol. The molecule has 2 bridgehead atoms. The van der Waals surface area contributed by atoms with Crippen LogP contribution in [-0.4, -0.2) is 46.7 Å². The molecule has 0 spiro atoms. The molecule has 3 saturated heterocycles. The number of aromatic nitrogens is 2. The van der Waals surface area contributed by atoms with Gasteiger partial charge in [-0.25, -0.2) is 4.98 Å². The Morgan fingerprint density at radius 1 is 1.30 bits per heavy atom. The third kappa shape index (κ3) is 2.62. The third-order valence-electron chi connectivity index (χ3n) is 7.13. The normalized spacial score (nSPS) is 33.3. The lowest BCUT2D eigenvalue weighted by Gasteiger charge is -2.54. The van der Waals surface area contributed by atoms with Gasteiger partial charge in [0.1, 0.15) is 11.4 Å². The number of nitrogens with zero attached hydrogens (tertiary/aromatic N) is 4. The van der Waals surface area contributed by atoms with Crippen molar-refractivity contribution in [2.24, 2.45) is 17.8 Å². The van der Waals surface area contributed by atoms with E-state index < -0.39 is 5.97 Å². The van der Waals surface area contributed by atoms with Gasteiger partial charge in [0.05, 0.1) is 12.3 Å². The van der Waals surface area contributed by atoms with Gasteiger partial charge < -0.3 is 19.6 Å². The van der Waals surface area contributed by atoms with Crippen molar-refractivity contribution in [3.63, 3.8) is 0 Å². The molecule has 27 heavy (non-hydrogen) atoms. The predicted octanol–water partition coefficient (Wildman–Crippen LogP) is 2.39. The van der Waals surface area contributed by atoms with Crippen LogP contribution in [0.2, 0.25) is 0 Å². The lowest BCUT2D eigenvalue weighted by atomic mass is 9.60. The second kappa shape index (κ2) is 5.80. The molecule has 4 aliphatic heterocycles. The van der Waals surface area contributed by atoms with Crippen molar-refractivity contribution in [2.45, 2.75) is 58.3 Å². The summed E-state index contributed by atoms with van der Waals surface area (Å²) in [4.78, 5) is 25.7. The molecule has 7 heteroatoms. The van der Waals surface area contributed by atoms with E-state index >= 15 is 0 Å². The number of piperidine rings is 2. The lowest BCUT2D eigenvalue weighted by molar-refractivity contribution is -0.141. The molecule has 0 radical (unpaired) electrons. The smallest absolute Gasteiger partial charge is 0.303 e. The summed E-state index contributed by atoms with van der Waals surface area (Å²) in [6.45, 7) is 9.73. The summed E-state index contributed by atoms with van der Waals surface area (Å²) in [7, 11) is 0. The molecule has 5 aliphatic rings. The zero-order valence-electron chi connectivity index (χ0n) is 16.3. The number of hydrogen-bond acceptors (Lipinski definition) is 6. The van der Waals surface area contributed by atoms with Gasteiger partial charge in [0.15, 0.2) is 0 Å². The van der Waals surface area contributed by atoms with E-state index in [1.54, 1.807) is 0 Å². The maximum Gasteiger partial charge on any atom is 0.303 e. The number of aliphatic carboxylic acids is 1. The molecule has 4 fully saturated rings. The highest BCUT2D eigenvalue weighted by Gasteiger charge is 2.49. The zero-order chi connectivity index (χ0) is 18.9. The average Bonchev–Trinajstić information content (AvgIpc) is 2.93. The number of ether oxygens (including phenoxy) is 1. The van der Waals surface area contributed by atoms with Crippen molar-refractivity contribution >= 4 is 17.7 Å². The van der Waals surface area contributed by atoms with Crippen molar-refractivity contribution in [1.82, 2.24) is 9.97 Å². The van der Waals surface area contributed by atoms with E-state index in [0.29, 0.717) is 36.8 Å². The van der Waals surface area contributed by atoms with Crippen LogP contribution in [-0.2, 0) is 21.7 Å². The Balaban J connectivity index is 1.47. The minimum Gasteiger partial charge on any atom is -0.481 e. The van der Waals surface area contributed by atoms with Crippen LogP contribution in [0.4, 0.5) is 11.8 Å². The Morgan fingerprint density at radius 3 is 2.63 bits per heavy atom. The van der Waals surface area contributed by atoms with Gasteiger partial charge in [-0.3, -0.25) is 4.79 Å². The minimum absolute atomic E-state index is 0.303. The second-order valence-corrected chi connectivity index (χ2v) is 9.23. The second-order valence-electron chi connectivity index (χ2n) is 9.23. The van der Waals surface area contributed by atoms with Crippen molar-refractivity contribution in [2.75, 3.05) is 29.4 Å². The summed E-state index contributed by atoms with van der Waals surface area (Å²) < 4.78 is 6.04. The van der Waals surface area contributed by atoms with Crippen LogP contribution in [0.3, 0.4) is 0 Å². The number of fused-ring (bicyclic) bond motifs is 3. The topological polar surface area (TPSA) is 78.8 Å². The first kappa shape index (κ1) is 17.2. The molecule has 1 saturated carbocycles. The molecule has 5 heterocycles. The van der Waals surface area contributed by atoms with Crippen LogP contribution < -0.4 is 9.80 Å². The Kier molecular flexibility index (Phi) is 3.70. The fourth-order valence-corrected chi connectivity index (χ4v) is 5.31. The molecular weight excluding hydrogens is 344 g/mol. The largest absolute Gasteiger partial charge is 0.481 e. The fourth-order valence-electron chi connectivity index (χ4n) is 5.31. The first-order valence-corrected chi connectivity index (χ1v) is 10.1. The molecule has 1 aromatic heterocycles. The first-order chi connectivity index (χ1) is 12.8. The number of anilines is 2. The van der Waals surface area contributed by atoms with E-state index in [0.717, 1.165) is 49.1 Å². The summed E-state index contributed by atoms with van der Waals surface area (Å²) >= 11 is 0. The van der Waals surface area contributed by atoms with E-state index in [1.807, 2.05) is 0 Å². The van der Waals surface area contributed by atoms with E-state index in [-0.39, 0.29) is 5.60 Å². The Bertz CT molecular complexity index is 784. The van der Waals surface area contributed by atoms with Gasteiger partial charge in [-0.15, -0.1) is 0 Å². The van der Waals surface area contributed by atoms with Crippen LogP contribution in [0.15, 0.2) is 0 Å². The molecule has 1 N–H and O–H groups in total. The van der Waals surface area contributed by atoms with Gasteiger partial charge in [-0.1, -0.05) is 0 Å². The average molecular weight is 372 g/mol. The van der Waals surface area contributed by atoms with Gasteiger partial charge in [-0.05, 0) is 51.4 Å². The van der Waals surface area contributed by atoms with Gasteiger partial charge in [0, 0.05) is 37.7 Å². The molecule has 146 valence electrons. The fraction of sp³-hybridized carbons (Fsp3) is 0.750.